The number of nitrogens with zero attached hydrogens (tertiary/aromatic N) is 1. The van der Waals surface area contributed by atoms with E-state index in [0.717, 1.165) is 16.8 Å². The van der Waals surface area contributed by atoms with Crippen LogP contribution in [0.3, 0.4) is 0 Å². The molecular formula is C16H15BrClN3O2. The molecule has 7 heteroatoms. The van der Waals surface area contributed by atoms with Crippen LogP contribution in [0.15, 0.2) is 46.0 Å². The fourth-order valence-electron chi connectivity index (χ4n) is 1.88. The number of hydrogen-bond donors (Lipinski definition) is 2. The first-order valence-corrected chi connectivity index (χ1v) is 7.87. The Bertz CT molecular complexity index is 727. The van der Waals surface area contributed by atoms with Gasteiger partial charge in [-0.05, 0) is 52.2 Å². The van der Waals surface area contributed by atoms with Crippen LogP contribution in [0.1, 0.15) is 11.1 Å². The average Bonchev–Trinajstić information content (AvgIpc) is 2.49. The number of hydrogen-bond acceptors (Lipinski definition) is 3. The van der Waals surface area contributed by atoms with Gasteiger partial charge in [0.25, 0.3) is 0 Å². The van der Waals surface area contributed by atoms with Gasteiger partial charge in [-0.1, -0.05) is 29.8 Å². The van der Waals surface area contributed by atoms with Crippen LogP contribution in [0.2, 0.25) is 5.02 Å². The molecule has 0 atom stereocenters. The van der Waals surface area contributed by atoms with Crippen molar-refractivity contribution >= 4 is 45.5 Å². The lowest BCUT2D eigenvalue weighted by atomic mass is 10.2. The fourth-order valence-corrected chi connectivity index (χ4v) is 2.94. The molecule has 2 aromatic rings. The second kappa shape index (κ2) is 7.99. The Hall–Kier alpha value is -2.05. The van der Waals surface area contributed by atoms with Gasteiger partial charge in [0.2, 0.25) is 0 Å². The summed E-state index contributed by atoms with van der Waals surface area (Å²) in [6.45, 7) is 1.91. The third kappa shape index (κ3) is 4.71. The number of carbonyl (C=O) groups is 1. The number of anilines is 1. The first-order valence-electron chi connectivity index (χ1n) is 6.70. The number of nitrogens with one attached hydrogen (secondary N) is 2. The van der Waals surface area contributed by atoms with Gasteiger partial charge in [0.05, 0.1) is 22.8 Å². The van der Waals surface area contributed by atoms with Gasteiger partial charge in [-0.15, -0.1) is 0 Å². The van der Waals surface area contributed by atoms with Crippen LogP contribution in [0.4, 0.5) is 10.5 Å². The fraction of sp³-hybridized carbons (Fsp3) is 0.125. The molecule has 0 aliphatic rings. The molecule has 0 saturated heterocycles. The smallest absolute Gasteiger partial charge is 0.339 e. The Labute approximate surface area is 147 Å². The van der Waals surface area contributed by atoms with Crippen LogP contribution in [0.5, 0.6) is 5.75 Å². The second-order valence-corrected chi connectivity index (χ2v) is 5.92. The third-order valence-corrected chi connectivity index (χ3v) is 3.87. The number of para-hydroxylation sites is 1. The Morgan fingerprint density at radius 1 is 1.35 bits per heavy atom. The number of urea groups is 1. The monoisotopic (exact) mass is 395 g/mol. The highest BCUT2D eigenvalue weighted by Gasteiger charge is 2.07. The van der Waals surface area contributed by atoms with E-state index in [0.29, 0.717) is 15.2 Å². The molecule has 0 saturated carbocycles. The van der Waals surface area contributed by atoms with Crippen molar-refractivity contribution < 1.29 is 9.53 Å². The van der Waals surface area contributed by atoms with Gasteiger partial charge in [-0.25, -0.2) is 10.2 Å². The van der Waals surface area contributed by atoms with Gasteiger partial charge in [0.15, 0.2) is 5.75 Å². The Morgan fingerprint density at radius 2 is 2.09 bits per heavy atom. The molecule has 0 aliphatic heterocycles. The van der Waals surface area contributed by atoms with E-state index in [1.165, 1.54) is 13.3 Å². The molecule has 0 radical (unpaired) electrons. The van der Waals surface area contributed by atoms with Crippen molar-refractivity contribution in [2.75, 3.05) is 12.4 Å². The van der Waals surface area contributed by atoms with Gasteiger partial charge >= 0.3 is 6.03 Å². The molecule has 2 rings (SSSR count). The maximum Gasteiger partial charge on any atom is 0.339 e. The third-order valence-electron chi connectivity index (χ3n) is 3.00. The minimum atomic E-state index is -0.422. The van der Waals surface area contributed by atoms with Crippen molar-refractivity contribution in [3.63, 3.8) is 0 Å². The SMILES string of the molecule is COc1c(Cl)cc(C=NNC(=O)Nc2ccccc2C)cc1Br. The number of amides is 2. The van der Waals surface area contributed by atoms with Crippen molar-refractivity contribution in [1.82, 2.24) is 5.43 Å². The number of rotatable bonds is 4. The molecule has 0 aromatic heterocycles. The summed E-state index contributed by atoms with van der Waals surface area (Å²) >= 11 is 9.45. The normalized spacial score (nSPS) is 10.6. The van der Waals surface area contributed by atoms with E-state index in [-0.39, 0.29) is 0 Å². The molecule has 0 fully saturated rings. The Balaban J connectivity index is 1.99. The number of ether oxygens (including phenoxy) is 1. The minimum absolute atomic E-state index is 0.422. The van der Waals surface area contributed by atoms with Gasteiger partial charge in [0.1, 0.15) is 0 Å². The minimum Gasteiger partial charge on any atom is -0.494 e. The zero-order valence-corrected chi connectivity index (χ0v) is 14.9. The summed E-state index contributed by atoms with van der Waals surface area (Å²) in [7, 11) is 1.54. The van der Waals surface area contributed by atoms with E-state index in [4.69, 9.17) is 16.3 Å². The maximum atomic E-state index is 11.8. The Morgan fingerprint density at radius 3 is 2.74 bits per heavy atom. The van der Waals surface area contributed by atoms with Crippen molar-refractivity contribution in [2.45, 2.75) is 6.92 Å². The lowest BCUT2D eigenvalue weighted by Crippen LogP contribution is -2.24. The van der Waals surface area contributed by atoms with Crippen LogP contribution < -0.4 is 15.5 Å². The number of aryl methyl sites for hydroxylation is 1. The topological polar surface area (TPSA) is 62.7 Å². The van der Waals surface area contributed by atoms with Crippen LogP contribution in [-0.4, -0.2) is 19.4 Å². The summed E-state index contributed by atoms with van der Waals surface area (Å²) in [5, 5.41) is 7.07. The Kier molecular flexibility index (Phi) is 6.01. The van der Waals surface area contributed by atoms with Crippen LogP contribution in [-0.2, 0) is 0 Å². The molecule has 5 nitrogen and oxygen atoms in total. The molecule has 0 unspecified atom stereocenters. The summed E-state index contributed by atoms with van der Waals surface area (Å²) in [5.74, 6) is 0.550. The lowest BCUT2D eigenvalue weighted by molar-refractivity contribution is 0.252. The molecule has 2 N–H and O–H groups in total. The van der Waals surface area contributed by atoms with Crippen molar-refractivity contribution in [3.05, 3.63) is 57.0 Å². The van der Waals surface area contributed by atoms with E-state index >= 15 is 0 Å². The quantitative estimate of drug-likeness (QED) is 0.587. The highest BCUT2D eigenvalue weighted by Crippen LogP contribution is 2.33. The number of benzene rings is 2. The molecule has 0 aliphatic carbocycles. The van der Waals surface area contributed by atoms with Gasteiger partial charge in [-0.2, -0.15) is 5.10 Å². The second-order valence-electron chi connectivity index (χ2n) is 4.66. The van der Waals surface area contributed by atoms with E-state index in [2.05, 4.69) is 31.8 Å². The predicted molar refractivity (Wildman–Crippen MR) is 96.6 cm³/mol. The molecule has 0 spiro atoms. The van der Waals surface area contributed by atoms with E-state index < -0.39 is 6.03 Å². The van der Waals surface area contributed by atoms with E-state index in [9.17, 15) is 4.79 Å². The standard InChI is InChI=1S/C16H15BrClN3O2/c1-10-5-3-4-6-14(10)20-16(22)21-19-9-11-7-12(17)15(23-2)13(18)8-11/h3-9H,1-2H3,(H2,20,21,22). The van der Waals surface area contributed by atoms with E-state index in [1.807, 2.05) is 31.2 Å². The summed E-state index contributed by atoms with van der Waals surface area (Å²) in [5.41, 5.74) is 4.83. The van der Waals surface area contributed by atoms with Crippen LogP contribution in [0, 0.1) is 6.92 Å². The largest absolute Gasteiger partial charge is 0.494 e. The first-order chi connectivity index (χ1) is 11.0. The molecular weight excluding hydrogens is 382 g/mol. The number of methoxy groups -OCH3 is 1. The van der Waals surface area contributed by atoms with E-state index in [1.54, 1.807) is 12.1 Å². The van der Waals surface area contributed by atoms with Crippen LogP contribution in [0.25, 0.3) is 0 Å². The van der Waals surface area contributed by atoms with Gasteiger partial charge in [-0.3, -0.25) is 0 Å². The molecule has 0 bridgehead atoms. The molecule has 0 heterocycles. The summed E-state index contributed by atoms with van der Waals surface area (Å²) in [6.07, 6.45) is 1.49. The zero-order chi connectivity index (χ0) is 16.8. The first kappa shape index (κ1) is 17.3. The summed E-state index contributed by atoms with van der Waals surface area (Å²) < 4.78 is 5.85. The number of carbonyl (C=O) groups excluding carboxylic acids is 1. The molecule has 120 valence electrons. The molecule has 23 heavy (non-hydrogen) atoms. The predicted octanol–water partition coefficient (Wildman–Crippen LogP) is 4.58. The zero-order valence-electron chi connectivity index (χ0n) is 12.6. The van der Waals surface area contributed by atoms with Crippen molar-refractivity contribution in [2.24, 2.45) is 5.10 Å². The molecule has 2 amide bonds. The lowest BCUT2D eigenvalue weighted by Gasteiger charge is -2.07. The number of hydrazone groups is 1. The van der Waals surface area contributed by atoms with Crippen molar-refractivity contribution in [1.29, 1.82) is 0 Å². The average molecular weight is 397 g/mol. The highest BCUT2D eigenvalue weighted by atomic mass is 79.9. The molecule has 2 aromatic carbocycles. The summed E-state index contributed by atoms with van der Waals surface area (Å²) in [4.78, 5) is 11.8. The van der Waals surface area contributed by atoms with Crippen molar-refractivity contribution in [3.8, 4) is 5.75 Å². The highest BCUT2D eigenvalue weighted by molar-refractivity contribution is 9.10. The van der Waals surface area contributed by atoms with Gasteiger partial charge < -0.3 is 10.1 Å². The maximum absolute atomic E-state index is 11.8. The van der Waals surface area contributed by atoms with Crippen LogP contribution >= 0.6 is 27.5 Å². The van der Waals surface area contributed by atoms with Gasteiger partial charge in [0, 0.05) is 5.69 Å². The summed E-state index contributed by atoms with van der Waals surface area (Å²) in [6, 6.07) is 10.5. The number of halogens is 2.